The molecule has 0 spiro atoms. The number of alkyl halides is 2. The van der Waals surface area contributed by atoms with Crippen LogP contribution in [-0.4, -0.2) is 50.2 Å². The van der Waals surface area contributed by atoms with Gasteiger partial charge in [0.2, 0.25) is 5.95 Å². The first-order chi connectivity index (χ1) is 8.54. The molecule has 0 unspecified atom stereocenters. The number of halogens is 3. The largest absolute Gasteiger partial charge is 0.383 e. The molecule has 0 bridgehead atoms. The molecule has 8 heteroatoms. The van der Waals surface area contributed by atoms with E-state index < -0.39 is 18.8 Å². The SMILES string of the molecule is COCCN(C)c1ncc(F)c(NCC(F)F)n1. The van der Waals surface area contributed by atoms with Gasteiger partial charge in [-0.15, -0.1) is 0 Å². The van der Waals surface area contributed by atoms with Gasteiger partial charge in [0.1, 0.15) is 0 Å². The maximum atomic E-state index is 13.3. The van der Waals surface area contributed by atoms with Gasteiger partial charge in [-0.2, -0.15) is 4.98 Å². The quantitative estimate of drug-likeness (QED) is 0.806. The summed E-state index contributed by atoms with van der Waals surface area (Å²) in [4.78, 5) is 9.25. The Labute approximate surface area is 103 Å². The van der Waals surface area contributed by atoms with Gasteiger partial charge in [0.25, 0.3) is 6.43 Å². The molecule has 0 saturated heterocycles. The predicted octanol–water partition coefficient (Wildman–Crippen LogP) is 1.38. The van der Waals surface area contributed by atoms with Crippen molar-refractivity contribution in [3.05, 3.63) is 12.0 Å². The second kappa shape index (κ2) is 7.00. The van der Waals surface area contributed by atoms with Gasteiger partial charge in [-0.1, -0.05) is 0 Å². The second-order valence-corrected chi connectivity index (χ2v) is 3.55. The summed E-state index contributed by atoms with van der Waals surface area (Å²) in [5.74, 6) is -0.755. The van der Waals surface area contributed by atoms with E-state index in [0.717, 1.165) is 6.20 Å². The molecule has 0 aromatic carbocycles. The van der Waals surface area contributed by atoms with Crippen molar-refractivity contribution in [1.82, 2.24) is 9.97 Å². The summed E-state index contributed by atoms with van der Waals surface area (Å²) < 4.78 is 42.2. The van der Waals surface area contributed by atoms with Crippen LogP contribution in [0.3, 0.4) is 0 Å². The molecule has 102 valence electrons. The Morgan fingerprint density at radius 1 is 1.50 bits per heavy atom. The molecule has 1 rings (SSSR count). The third-order valence-electron chi connectivity index (χ3n) is 2.13. The summed E-state index contributed by atoms with van der Waals surface area (Å²) in [6.07, 6.45) is -1.63. The Balaban J connectivity index is 2.73. The van der Waals surface area contributed by atoms with Gasteiger partial charge in [0.05, 0.1) is 19.3 Å². The highest BCUT2D eigenvalue weighted by Gasteiger charge is 2.11. The van der Waals surface area contributed by atoms with Crippen LogP contribution < -0.4 is 10.2 Å². The zero-order valence-electron chi connectivity index (χ0n) is 10.2. The van der Waals surface area contributed by atoms with Crippen LogP contribution in [0.4, 0.5) is 24.9 Å². The summed E-state index contributed by atoms with van der Waals surface area (Å²) in [5.41, 5.74) is 0. The number of anilines is 2. The van der Waals surface area contributed by atoms with Crippen molar-refractivity contribution in [2.45, 2.75) is 6.43 Å². The Bertz CT molecular complexity index is 378. The second-order valence-electron chi connectivity index (χ2n) is 3.55. The number of methoxy groups -OCH3 is 1. The van der Waals surface area contributed by atoms with Crippen molar-refractivity contribution in [2.75, 3.05) is 44.1 Å². The molecule has 0 atom stereocenters. The van der Waals surface area contributed by atoms with E-state index in [9.17, 15) is 13.2 Å². The van der Waals surface area contributed by atoms with E-state index in [1.807, 2.05) is 0 Å². The van der Waals surface area contributed by atoms with Crippen LogP contribution in [0.2, 0.25) is 0 Å². The number of nitrogens with zero attached hydrogens (tertiary/aromatic N) is 3. The van der Waals surface area contributed by atoms with Gasteiger partial charge in [0.15, 0.2) is 11.6 Å². The fourth-order valence-electron chi connectivity index (χ4n) is 1.17. The highest BCUT2D eigenvalue weighted by atomic mass is 19.3. The molecule has 18 heavy (non-hydrogen) atoms. The van der Waals surface area contributed by atoms with Gasteiger partial charge in [-0.3, -0.25) is 0 Å². The number of hydrogen-bond donors (Lipinski definition) is 1. The van der Waals surface area contributed by atoms with Gasteiger partial charge in [-0.05, 0) is 0 Å². The molecular formula is C10H15F3N4O. The Hall–Kier alpha value is -1.57. The smallest absolute Gasteiger partial charge is 0.255 e. The molecule has 5 nitrogen and oxygen atoms in total. The molecule has 0 aliphatic carbocycles. The fourth-order valence-corrected chi connectivity index (χ4v) is 1.17. The molecule has 1 N–H and O–H groups in total. The number of aromatic nitrogens is 2. The summed E-state index contributed by atoms with van der Waals surface area (Å²) in [6.45, 7) is 0.308. The summed E-state index contributed by atoms with van der Waals surface area (Å²) in [6, 6.07) is 0. The van der Waals surface area contributed by atoms with E-state index >= 15 is 0 Å². The van der Waals surface area contributed by atoms with Crippen molar-refractivity contribution < 1.29 is 17.9 Å². The number of hydrogen-bond acceptors (Lipinski definition) is 5. The van der Waals surface area contributed by atoms with Crippen LogP contribution in [-0.2, 0) is 4.74 Å². The van der Waals surface area contributed by atoms with Crippen molar-refractivity contribution in [3.8, 4) is 0 Å². The Morgan fingerprint density at radius 3 is 2.83 bits per heavy atom. The van der Waals surface area contributed by atoms with Crippen molar-refractivity contribution >= 4 is 11.8 Å². The predicted molar refractivity (Wildman–Crippen MR) is 61.6 cm³/mol. The van der Waals surface area contributed by atoms with E-state index in [1.54, 1.807) is 19.1 Å². The minimum atomic E-state index is -2.57. The van der Waals surface area contributed by atoms with Crippen LogP contribution >= 0.6 is 0 Å². The number of ether oxygens (including phenoxy) is 1. The summed E-state index contributed by atoms with van der Waals surface area (Å²) in [5, 5.41) is 2.23. The lowest BCUT2D eigenvalue weighted by Gasteiger charge is -2.17. The highest BCUT2D eigenvalue weighted by molar-refractivity contribution is 5.42. The average molecular weight is 264 g/mol. The topological polar surface area (TPSA) is 50.3 Å². The summed E-state index contributed by atoms with van der Waals surface area (Å²) in [7, 11) is 3.25. The first-order valence-corrected chi connectivity index (χ1v) is 5.29. The monoisotopic (exact) mass is 264 g/mol. The third kappa shape index (κ3) is 4.36. The van der Waals surface area contributed by atoms with Crippen molar-refractivity contribution in [2.24, 2.45) is 0 Å². The number of rotatable bonds is 7. The maximum absolute atomic E-state index is 13.3. The van der Waals surface area contributed by atoms with Gasteiger partial charge in [0, 0.05) is 20.7 Å². The molecule has 1 aromatic rings. The molecule has 0 aliphatic rings. The molecule has 0 radical (unpaired) electrons. The summed E-state index contributed by atoms with van der Waals surface area (Å²) >= 11 is 0. The van der Waals surface area contributed by atoms with Crippen molar-refractivity contribution in [1.29, 1.82) is 0 Å². The molecule has 1 heterocycles. The van der Waals surface area contributed by atoms with Crippen LogP contribution in [0.1, 0.15) is 0 Å². The highest BCUT2D eigenvalue weighted by Crippen LogP contribution is 2.14. The third-order valence-corrected chi connectivity index (χ3v) is 2.13. The number of nitrogens with one attached hydrogen (secondary N) is 1. The average Bonchev–Trinajstić information content (AvgIpc) is 2.34. The molecular weight excluding hydrogens is 249 g/mol. The van der Waals surface area contributed by atoms with E-state index in [2.05, 4.69) is 15.3 Å². The lowest BCUT2D eigenvalue weighted by atomic mass is 10.5. The molecule has 0 saturated carbocycles. The molecule has 1 aromatic heterocycles. The molecule has 0 fully saturated rings. The Morgan fingerprint density at radius 2 is 2.22 bits per heavy atom. The first-order valence-electron chi connectivity index (χ1n) is 5.29. The fraction of sp³-hybridized carbons (Fsp3) is 0.600. The van der Waals surface area contributed by atoms with E-state index in [0.29, 0.717) is 13.2 Å². The van der Waals surface area contributed by atoms with E-state index in [4.69, 9.17) is 4.74 Å². The number of likely N-dealkylation sites (N-methyl/N-ethyl adjacent to an activating group) is 1. The van der Waals surface area contributed by atoms with Gasteiger partial charge >= 0.3 is 0 Å². The van der Waals surface area contributed by atoms with E-state index in [1.165, 1.54) is 0 Å². The standard InChI is InChI=1S/C10H15F3N4O/c1-17(3-4-18-2)10-15-5-7(11)9(16-10)14-6-8(12)13/h5,8H,3-4,6H2,1-2H3,(H,14,15,16). The van der Waals surface area contributed by atoms with Crippen molar-refractivity contribution in [3.63, 3.8) is 0 Å². The van der Waals surface area contributed by atoms with Crippen LogP contribution in [0, 0.1) is 5.82 Å². The zero-order valence-corrected chi connectivity index (χ0v) is 10.2. The van der Waals surface area contributed by atoms with Crippen LogP contribution in [0.5, 0.6) is 0 Å². The molecule has 0 amide bonds. The lowest BCUT2D eigenvalue weighted by molar-refractivity contribution is 0.163. The lowest BCUT2D eigenvalue weighted by Crippen LogP contribution is -2.25. The van der Waals surface area contributed by atoms with Gasteiger partial charge in [-0.25, -0.2) is 18.2 Å². The van der Waals surface area contributed by atoms with Gasteiger partial charge < -0.3 is 15.0 Å². The van der Waals surface area contributed by atoms with Crippen LogP contribution in [0.25, 0.3) is 0 Å². The molecule has 0 aliphatic heterocycles. The minimum Gasteiger partial charge on any atom is -0.383 e. The Kier molecular flexibility index (Phi) is 5.63. The van der Waals surface area contributed by atoms with E-state index in [-0.39, 0.29) is 11.8 Å². The maximum Gasteiger partial charge on any atom is 0.255 e. The van der Waals surface area contributed by atoms with Crippen LogP contribution in [0.15, 0.2) is 6.20 Å². The first kappa shape index (κ1) is 14.5. The zero-order chi connectivity index (χ0) is 13.5. The minimum absolute atomic E-state index is 0.232. The normalized spacial score (nSPS) is 10.8.